The van der Waals surface area contributed by atoms with Gasteiger partial charge in [0, 0.05) is 5.69 Å². The Morgan fingerprint density at radius 2 is 2.10 bits per heavy atom. The number of primary sulfonamides is 1. The zero-order chi connectivity index (χ0) is 16.0. The largest absolute Gasteiger partial charge is 0.480 e. The average molecular weight is 311 g/mol. The molecule has 8 nitrogen and oxygen atoms in total. The number of anilines is 1. The monoisotopic (exact) mass is 311 g/mol. The maximum absolute atomic E-state index is 11.9. The van der Waals surface area contributed by atoms with Gasteiger partial charge < -0.3 is 15.3 Å². The third kappa shape index (κ3) is 5.13. The van der Waals surface area contributed by atoms with Crippen LogP contribution in [-0.4, -0.2) is 43.5 Å². The molecular formula is C12H13N3O5S. The third-order valence-electron chi connectivity index (χ3n) is 2.31. The third-order valence-corrected chi connectivity index (χ3v) is 3.22. The molecule has 0 radical (unpaired) electrons. The molecule has 1 aromatic rings. The van der Waals surface area contributed by atoms with Gasteiger partial charge in [0.2, 0.25) is 10.0 Å². The van der Waals surface area contributed by atoms with Gasteiger partial charge in [-0.2, -0.15) is 0 Å². The van der Waals surface area contributed by atoms with Crippen LogP contribution in [0.1, 0.15) is 0 Å². The van der Waals surface area contributed by atoms with Crippen LogP contribution in [-0.2, 0) is 14.8 Å². The van der Waals surface area contributed by atoms with Crippen molar-refractivity contribution in [3.63, 3.8) is 0 Å². The molecule has 0 aromatic heterocycles. The second-order valence-corrected chi connectivity index (χ2v) is 5.52. The Bertz CT molecular complexity index is 693. The van der Waals surface area contributed by atoms with Crippen LogP contribution in [0, 0.1) is 12.3 Å². The molecule has 0 heterocycles. The van der Waals surface area contributed by atoms with Crippen molar-refractivity contribution in [1.82, 2.24) is 4.90 Å². The molecule has 0 fully saturated rings. The summed E-state index contributed by atoms with van der Waals surface area (Å²) >= 11 is 0. The number of carboxylic acids is 1. The van der Waals surface area contributed by atoms with E-state index in [-0.39, 0.29) is 17.1 Å². The number of carboxylic acid groups (broad SMARTS) is 1. The number of sulfonamides is 1. The first kappa shape index (κ1) is 16.5. The van der Waals surface area contributed by atoms with Crippen LogP contribution >= 0.6 is 0 Å². The minimum atomic E-state index is -3.90. The van der Waals surface area contributed by atoms with Crippen molar-refractivity contribution in [2.45, 2.75) is 4.90 Å². The molecule has 1 aromatic carbocycles. The molecule has 0 atom stereocenters. The number of carbonyl (C=O) groups excluding carboxylic acids is 1. The van der Waals surface area contributed by atoms with Gasteiger partial charge in [0.1, 0.15) is 6.54 Å². The number of terminal acetylenes is 1. The maximum Gasteiger partial charge on any atom is 0.323 e. The van der Waals surface area contributed by atoms with E-state index in [1.54, 1.807) is 0 Å². The summed E-state index contributed by atoms with van der Waals surface area (Å²) in [5, 5.41) is 16.0. The first-order valence-corrected chi connectivity index (χ1v) is 7.12. The molecule has 0 spiro atoms. The summed E-state index contributed by atoms with van der Waals surface area (Å²) in [5.41, 5.74) is 0.152. The molecule has 0 saturated carbocycles. The van der Waals surface area contributed by atoms with Crippen molar-refractivity contribution in [2.75, 3.05) is 18.4 Å². The summed E-state index contributed by atoms with van der Waals surface area (Å²) < 4.78 is 22.4. The van der Waals surface area contributed by atoms with Crippen molar-refractivity contribution < 1.29 is 23.1 Å². The highest BCUT2D eigenvalue weighted by molar-refractivity contribution is 7.89. The molecule has 0 aliphatic heterocycles. The van der Waals surface area contributed by atoms with Gasteiger partial charge in [-0.1, -0.05) is 12.0 Å². The zero-order valence-corrected chi connectivity index (χ0v) is 11.6. The van der Waals surface area contributed by atoms with Crippen molar-refractivity contribution in [3.8, 4) is 12.3 Å². The van der Waals surface area contributed by atoms with E-state index in [0.717, 1.165) is 11.0 Å². The van der Waals surface area contributed by atoms with E-state index >= 15 is 0 Å². The van der Waals surface area contributed by atoms with Gasteiger partial charge in [0.25, 0.3) is 0 Å². The van der Waals surface area contributed by atoms with Crippen LogP contribution in [0.25, 0.3) is 0 Å². The first-order valence-electron chi connectivity index (χ1n) is 5.58. The number of benzene rings is 1. The smallest absolute Gasteiger partial charge is 0.323 e. The van der Waals surface area contributed by atoms with E-state index in [1.165, 1.54) is 18.2 Å². The van der Waals surface area contributed by atoms with E-state index in [2.05, 4.69) is 11.2 Å². The molecule has 112 valence electrons. The standard InChI is InChI=1S/C12H13N3O5S/c1-2-6-15(8-11(16)17)12(18)14-9-4-3-5-10(7-9)21(13,19)20/h1,3-5,7H,6,8H2,(H,14,18)(H,16,17)(H2,13,19,20). The highest BCUT2D eigenvalue weighted by Crippen LogP contribution is 2.14. The van der Waals surface area contributed by atoms with Gasteiger partial charge in [-0.05, 0) is 18.2 Å². The summed E-state index contributed by atoms with van der Waals surface area (Å²) in [6.45, 7) is -0.780. The number of urea groups is 1. The maximum atomic E-state index is 11.9. The Morgan fingerprint density at radius 1 is 1.43 bits per heavy atom. The van der Waals surface area contributed by atoms with E-state index in [4.69, 9.17) is 16.7 Å². The lowest BCUT2D eigenvalue weighted by Gasteiger charge is -2.18. The van der Waals surface area contributed by atoms with Crippen LogP contribution in [0.4, 0.5) is 10.5 Å². The summed E-state index contributed by atoms with van der Waals surface area (Å²) in [4.78, 5) is 23.2. The number of nitrogens with two attached hydrogens (primary N) is 1. The fourth-order valence-electron chi connectivity index (χ4n) is 1.43. The highest BCUT2D eigenvalue weighted by atomic mass is 32.2. The van der Waals surface area contributed by atoms with Gasteiger partial charge in [0.15, 0.2) is 0 Å². The fourth-order valence-corrected chi connectivity index (χ4v) is 1.99. The number of nitrogens with one attached hydrogen (secondary N) is 1. The number of hydrogen-bond donors (Lipinski definition) is 3. The Balaban J connectivity index is 2.91. The normalized spacial score (nSPS) is 10.5. The second kappa shape index (κ2) is 6.74. The van der Waals surface area contributed by atoms with Crippen LogP contribution < -0.4 is 10.5 Å². The second-order valence-electron chi connectivity index (χ2n) is 3.96. The molecule has 1 rings (SSSR count). The zero-order valence-electron chi connectivity index (χ0n) is 10.8. The van der Waals surface area contributed by atoms with Gasteiger partial charge in [0.05, 0.1) is 11.4 Å². The van der Waals surface area contributed by atoms with Crippen molar-refractivity contribution in [3.05, 3.63) is 24.3 Å². The minimum Gasteiger partial charge on any atom is -0.480 e. The fraction of sp³-hybridized carbons (Fsp3) is 0.167. The Morgan fingerprint density at radius 3 is 2.62 bits per heavy atom. The summed E-state index contributed by atoms with van der Waals surface area (Å²) in [7, 11) is -3.90. The molecule has 21 heavy (non-hydrogen) atoms. The lowest BCUT2D eigenvalue weighted by Crippen LogP contribution is -2.39. The van der Waals surface area contributed by atoms with E-state index in [9.17, 15) is 18.0 Å². The molecule has 0 aliphatic carbocycles. The quantitative estimate of drug-likeness (QED) is 0.653. The Kier molecular flexibility index (Phi) is 5.29. The SMILES string of the molecule is C#CCN(CC(=O)O)C(=O)Nc1cccc(S(N)(=O)=O)c1. The van der Waals surface area contributed by atoms with Crippen molar-refractivity contribution in [1.29, 1.82) is 0 Å². The molecule has 9 heteroatoms. The van der Waals surface area contributed by atoms with E-state index in [0.29, 0.717) is 0 Å². The summed E-state index contributed by atoms with van der Waals surface area (Å²) in [5.74, 6) is 0.938. The number of rotatable bonds is 5. The summed E-state index contributed by atoms with van der Waals surface area (Å²) in [6.07, 6.45) is 5.06. The van der Waals surface area contributed by atoms with Crippen LogP contribution in [0.5, 0.6) is 0 Å². The number of hydrogen-bond acceptors (Lipinski definition) is 4. The topological polar surface area (TPSA) is 130 Å². The number of carbonyl (C=O) groups is 2. The van der Waals surface area contributed by atoms with Crippen LogP contribution in [0.2, 0.25) is 0 Å². The number of amides is 2. The molecule has 4 N–H and O–H groups in total. The Labute approximate surface area is 121 Å². The average Bonchev–Trinajstić information content (AvgIpc) is 2.37. The molecular weight excluding hydrogens is 298 g/mol. The highest BCUT2D eigenvalue weighted by Gasteiger charge is 2.16. The van der Waals surface area contributed by atoms with Crippen molar-refractivity contribution in [2.24, 2.45) is 5.14 Å². The molecule has 0 unspecified atom stereocenters. The van der Waals surface area contributed by atoms with Gasteiger partial charge in [-0.15, -0.1) is 6.42 Å². The van der Waals surface area contributed by atoms with Gasteiger partial charge >= 0.3 is 12.0 Å². The first-order chi connectivity index (χ1) is 9.74. The van der Waals surface area contributed by atoms with Crippen LogP contribution in [0.3, 0.4) is 0 Å². The molecule has 0 bridgehead atoms. The summed E-state index contributed by atoms with van der Waals surface area (Å²) in [6, 6.07) is 4.48. The van der Waals surface area contributed by atoms with Gasteiger partial charge in [-0.25, -0.2) is 18.4 Å². The molecule has 0 aliphatic rings. The predicted octanol–water partition coefficient (Wildman–Crippen LogP) is -0.114. The molecule has 0 saturated heterocycles. The number of nitrogens with zero attached hydrogens (tertiary/aromatic N) is 1. The Hall–Kier alpha value is -2.57. The van der Waals surface area contributed by atoms with E-state index < -0.39 is 28.6 Å². The predicted molar refractivity (Wildman–Crippen MR) is 74.9 cm³/mol. The number of aliphatic carboxylic acids is 1. The van der Waals surface area contributed by atoms with Crippen LogP contribution in [0.15, 0.2) is 29.2 Å². The lowest BCUT2D eigenvalue weighted by molar-refractivity contribution is -0.137. The lowest BCUT2D eigenvalue weighted by atomic mass is 10.3. The molecule has 2 amide bonds. The van der Waals surface area contributed by atoms with Gasteiger partial charge in [-0.3, -0.25) is 4.79 Å². The minimum absolute atomic E-state index is 0.152. The van der Waals surface area contributed by atoms with E-state index in [1.807, 2.05) is 0 Å². The van der Waals surface area contributed by atoms with Crippen molar-refractivity contribution >= 4 is 27.7 Å².